The van der Waals surface area contributed by atoms with Gasteiger partial charge in [-0.25, -0.2) is 14.0 Å². The molecule has 3 amide bonds. The highest BCUT2D eigenvalue weighted by molar-refractivity contribution is 6.00. The Hall–Kier alpha value is -3.67. The van der Waals surface area contributed by atoms with E-state index in [9.17, 15) is 28.7 Å². The Labute approximate surface area is 262 Å². The standard InChI is InChI=1S/C33H45FN4O7/c1-33(2,3)45-32(43)36-24(19-34)20-7-9-21(10-8-20)30(40)38-16-13-25(37-14-5-4-6-15-37)28(38)29(39)35-23-11-12-26-22(17-23)18-27(44-26)31(41)42/h11-12,17-18,20-21,24-25,28H,4-10,13-16,19H2,1-3H3,(H,35,39)(H,36,43)(H,41,42)/t20-,21-,24-,25+,28-/m1/s1. The maximum absolute atomic E-state index is 14.0. The fourth-order valence-electron chi connectivity index (χ4n) is 7.16. The first kappa shape index (κ1) is 32.7. The molecule has 0 bridgehead atoms. The molecular formula is C33H45FN4O7. The summed E-state index contributed by atoms with van der Waals surface area (Å²) in [5.74, 6) is -2.07. The predicted octanol–water partition coefficient (Wildman–Crippen LogP) is 5.19. The van der Waals surface area contributed by atoms with Gasteiger partial charge in [0.15, 0.2) is 0 Å². The second-order valence-corrected chi connectivity index (χ2v) is 13.6. The highest BCUT2D eigenvalue weighted by Gasteiger charge is 2.46. The van der Waals surface area contributed by atoms with Gasteiger partial charge in [0.05, 0.1) is 6.04 Å². The number of likely N-dealkylation sites (tertiary alicyclic amines) is 2. The second kappa shape index (κ2) is 13.8. The first-order valence-corrected chi connectivity index (χ1v) is 16.1. The molecule has 3 fully saturated rings. The summed E-state index contributed by atoms with van der Waals surface area (Å²) in [7, 11) is 0. The van der Waals surface area contributed by atoms with Crippen LogP contribution in [-0.4, -0.2) is 88.8 Å². The first-order valence-electron chi connectivity index (χ1n) is 16.1. The van der Waals surface area contributed by atoms with Crippen molar-refractivity contribution < 1.29 is 37.8 Å². The number of alkyl halides is 1. The van der Waals surface area contributed by atoms with Crippen molar-refractivity contribution in [1.29, 1.82) is 0 Å². The van der Waals surface area contributed by atoms with Crippen LogP contribution < -0.4 is 10.6 Å². The number of fused-ring (bicyclic) bond motifs is 1. The molecule has 3 heterocycles. The molecular weight excluding hydrogens is 583 g/mol. The average molecular weight is 629 g/mol. The van der Waals surface area contributed by atoms with E-state index in [0.717, 1.165) is 32.4 Å². The van der Waals surface area contributed by atoms with Gasteiger partial charge < -0.3 is 29.8 Å². The molecule has 1 aliphatic carbocycles. The number of nitrogens with one attached hydrogen (secondary N) is 2. The quantitative estimate of drug-likeness (QED) is 0.363. The fraction of sp³-hybridized carbons (Fsp3) is 0.636. The summed E-state index contributed by atoms with van der Waals surface area (Å²) < 4.78 is 24.6. The number of benzene rings is 1. The minimum absolute atomic E-state index is 0.0543. The molecule has 2 aromatic rings. The van der Waals surface area contributed by atoms with Crippen LogP contribution in [0.3, 0.4) is 0 Å². The van der Waals surface area contributed by atoms with Crippen LogP contribution in [0.25, 0.3) is 11.0 Å². The molecule has 0 radical (unpaired) electrons. The number of halogens is 1. The number of ether oxygens (including phenoxy) is 1. The lowest BCUT2D eigenvalue weighted by molar-refractivity contribution is -0.142. The molecule has 0 spiro atoms. The van der Waals surface area contributed by atoms with E-state index in [-0.39, 0.29) is 35.5 Å². The zero-order valence-corrected chi connectivity index (χ0v) is 26.4. The summed E-state index contributed by atoms with van der Waals surface area (Å²) in [5, 5.41) is 15.5. The van der Waals surface area contributed by atoms with E-state index in [1.165, 1.54) is 6.07 Å². The third kappa shape index (κ3) is 7.77. The molecule has 12 heteroatoms. The second-order valence-electron chi connectivity index (χ2n) is 13.6. The van der Waals surface area contributed by atoms with Gasteiger partial charge in [-0.15, -0.1) is 0 Å². The highest BCUT2D eigenvalue weighted by atomic mass is 19.1. The molecule has 2 aliphatic heterocycles. The van der Waals surface area contributed by atoms with Gasteiger partial charge in [0.1, 0.15) is 23.9 Å². The Morgan fingerprint density at radius 2 is 1.73 bits per heavy atom. The molecule has 1 saturated carbocycles. The van der Waals surface area contributed by atoms with Crippen LogP contribution >= 0.6 is 0 Å². The third-order valence-corrected chi connectivity index (χ3v) is 9.33. The van der Waals surface area contributed by atoms with E-state index in [2.05, 4.69) is 15.5 Å². The zero-order valence-electron chi connectivity index (χ0n) is 26.4. The summed E-state index contributed by atoms with van der Waals surface area (Å²) in [6.07, 6.45) is 5.60. The van der Waals surface area contributed by atoms with Crippen molar-refractivity contribution in [1.82, 2.24) is 15.1 Å². The van der Waals surface area contributed by atoms with Gasteiger partial charge in [0.2, 0.25) is 17.6 Å². The molecule has 11 nitrogen and oxygen atoms in total. The molecule has 1 aromatic heterocycles. The largest absolute Gasteiger partial charge is 0.475 e. The third-order valence-electron chi connectivity index (χ3n) is 9.33. The van der Waals surface area contributed by atoms with Gasteiger partial charge >= 0.3 is 12.1 Å². The van der Waals surface area contributed by atoms with Crippen molar-refractivity contribution in [3.63, 3.8) is 0 Å². The number of anilines is 1. The molecule has 5 rings (SSSR count). The van der Waals surface area contributed by atoms with E-state index in [0.29, 0.717) is 55.3 Å². The van der Waals surface area contributed by atoms with E-state index < -0.39 is 36.4 Å². The predicted molar refractivity (Wildman–Crippen MR) is 166 cm³/mol. The number of furan rings is 1. The van der Waals surface area contributed by atoms with Crippen molar-refractivity contribution in [2.45, 2.75) is 95.9 Å². The van der Waals surface area contributed by atoms with Crippen LogP contribution in [0, 0.1) is 11.8 Å². The molecule has 3 N–H and O–H groups in total. The molecule has 45 heavy (non-hydrogen) atoms. The topological polar surface area (TPSA) is 141 Å². The van der Waals surface area contributed by atoms with Gasteiger partial charge in [-0.2, -0.15) is 0 Å². The van der Waals surface area contributed by atoms with Crippen LogP contribution in [0.2, 0.25) is 0 Å². The van der Waals surface area contributed by atoms with E-state index in [4.69, 9.17) is 9.15 Å². The number of alkyl carbamates (subject to hydrolysis) is 1. The Morgan fingerprint density at radius 3 is 2.38 bits per heavy atom. The summed E-state index contributed by atoms with van der Waals surface area (Å²) >= 11 is 0. The number of hydrogen-bond acceptors (Lipinski definition) is 7. The van der Waals surface area contributed by atoms with Gasteiger partial charge in [-0.3, -0.25) is 14.5 Å². The molecule has 3 atom stereocenters. The summed E-state index contributed by atoms with van der Waals surface area (Å²) in [5.41, 5.74) is 0.216. The number of carbonyl (C=O) groups excluding carboxylic acids is 3. The molecule has 1 aromatic carbocycles. The Bertz CT molecular complexity index is 1390. The minimum Gasteiger partial charge on any atom is -0.475 e. The number of carboxylic acids is 1. The molecule has 3 aliphatic rings. The van der Waals surface area contributed by atoms with Crippen molar-refractivity contribution in [3.8, 4) is 0 Å². The monoisotopic (exact) mass is 628 g/mol. The van der Waals surface area contributed by atoms with Crippen LogP contribution in [0.4, 0.5) is 14.9 Å². The Morgan fingerprint density at radius 1 is 1.02 bits per heavy atom. The van der Waals surface area contributed by atoms with E-state index in [1.807, 2.05) is 0 Å². The van der Waals surface area contributed by atoms with Crippen molar-refractivity contribution in [2.24, 2.45) is 11.8 Å². The van der Waals surface area contributed by atoms with Crippen molar-refractivity contribution >= 4 is 40.5 Å². The number of amides is 3. The normalized spacial score (nSPS) is 25.1. The number of carboxylic acid groups (broad SMARTS) is 1. The van der Waals surface area contributed by atoms with Gasteiger partial charge in [-0.05, 0) is 109 Å². The number of nitrogens with zero attached hydrogens (tertiary/aromatic N) is 2. The molecule has 2 saturated heterocycles. The number of piperidine rings is 1. The SMILES string of the molecule is CC(C)(C)OC(=O)N[C@H](CF)[C@H]1CC[C@H](C(=O)N2CC[C@H](N3CCCCC3)[C@@H]2C(=O)Nc2ccc3oc(C(=O)O)cc3c2)CC1. The zero-order chi connectivity index (χ0) is 32.3. The van der Waals surface area contributed by atoms with Crippen molar-refractivity contribution in [2.75, 3.05) is 31.6 Å². The lowest BCUT2D eigenvalue weighted by Crippen LogP contribution is -2.55. The summed E-state index contributed by atoms with van der Waals surface area (Å²) in [6, 6.07) is 4.93. The number of carbonyl (C=O) groups is 4. The lowest BCUT2D eigenvalue weighted by atomic mass is 9.78. The molecule has 0 unspecified atom stereocenters. The van der Waals surface area contributed by atoms with Crippen LogP contribution in [-0.2, 0) is 14.3 Å². The lowest BCUT2D eigenvalue weighted by Gasteiger charge is -2.38. The van der Waals surface area contributed by atoms with E-state index in [1.54, 1.807) is 43.9 Å². The number of hydrogen-bond donors (Lipinski definition) is 3. The smallest absolute Gasteiger partial charge is 0.407 e. The van der Waals surface area contributed by atoms with Crippen LogP contribution in [0.5, 0.6) is 0 Å². The average Bonchev–Trinajstić information content (AvgIpc) is 3.64. The number of rotatable bonds is 8. The van der Waals surface area contributed by atoms with Gasteiger partial charge in [0.25, 0.3) is 0 Å². The van der Waals surface area contributed by atoms with Crippen LogP contribution in [0.15, 0.2) is 28.7 Å². The summed E-state index contributed by atoms with van der Waals surface area (Å²) in [6.45, 7) is 6.80. The maximum atomic E-state index is 14.0. The van der Waals surface area contributed by atoms with Crippen molar-refractivity contribution in [3.05, 3.63) is 30.0 Å². The minimum atomic E-state index is -1.17. The van der Waals surface area contributed by atoms with E-state index >= 15 is 0 Å². The first-order chi connectivity index (χ1) is 21.4. The highest BCUT2D eigenvalue weighted by Crippen LogP contribution is 2.36. The summed E-state index contributed by atoms with van der Waals surface area (Å²) in [4.78, 5) is 55.7. The van der Waals surface area contributed by atoms with Crippen LogP contribution in [0.1, 0.15) is 82.7 Å². The van der Waals surface area contributed by atoms with Gasteiger partial charge in [-0.1, -0.05) is 6.42 Å². The Kier molecular flexibility index (Phi) is 10.0. The van der Waals surface area contributed by atoms with Gasteiger partial charge in [0, 0.05) is 29.6 Å². The maximum Gasteiger partial charge on any atom is 0.407 e. The molecule has 246 valence electrons. The number of aromatic carboxylic acids is 1. The Balaban J connectivity index is 1.27. The fourth-order valence-corrected chi connectivity index (χ4v) is 7.16.